The average molecular weight is 354 g/mol. The highest BCUT2D eigenvalue weighted by atomic mass is 16.5. The Morgan fingerprint density at radius 1 is 1.00 bits per heavy atom. The van der Waals surface area contributed by atoms with Gasteiger partial charge in [-0.25, -0.2) is 0 Å². The van der Waals surface area contributed by atoms with E-state index in [0.717, 1.165) is 11.3 Å². The van der Waals surface area contributed by atoms with Gasteiger partial charge in [-0.1, -0.05) is 30.9 Å². The fourth-order valence-electron chi connectivity index (χ4n) is 2.32. The van der Waals surface area contributed by atoms with E-state index in [1.165, 1.54) is 27.4 Å². The molecule has 0 fully saturated rings. The molecule has 0 aromatic heterocycles. The summed E-state index contributed by atoms with van der Waals surface area (Å²) in [5, 5.41) is 0. The van der Waals surface area contributed by atoms with Crippen LogP contribution in [0.5, 0.6) is 23.0 Å². The summed E-state index contributed by atoms with van der Waals surface area (Å²) in [4.78, 5) is 12.5. The van der Waals surface area contributed by atoms with Crippen LogP contribution in [-0.4, -0.2) is 33.7 Å². The zero-order valence-electron chi connectivity index (χ0n) is 15.2. The molecule has 0 atom stereocenters. The molecule has 0 saturated heterocycles. The van der Waals surface area contributed by atoms with Gasteiger partial charge >= 0.3 is 0 Å². The molecule has 26 heavy (non-hydrogen) atoms. The number of benzene rings is 2. The molecule has 2 rings (SSSR count). The first kappa shape index (κ1) is 19.1. The van der Waals surface area contributed by atoms with Crippen molar-refractivity contribution in [2.75, 3.05) is 27.9 Å². The zero-order valence-corrected chi connectivity index (χ0v) is 15.2. The molecule has 5 heteroatoms. The summed E-state index contributed by atoms with van der Waals surface area (Å²) in [6.45, 7) is 4.06. The molecule has 0 radical (unpaired) electrons. The summed E-state index contributed by atoms with van der Waals surface area (Å²) in [7, 11) is 4.54. The highest BCUT2D eigenvalue weighted by Gasteiger charge is 2.15. The molecule has 2 aromatic rings. The van der Waals surface area contributed by atoms with Crippen LogP contribution >= 0.6 is 0 Å². The van der Waals surface area contributed by atoms with Gasteiger partial charge in [-0.15, -0.1) is 0 Å². The van der Waals surface area contributed by atoms with Crippen LogP contribution in [0.2, 0.25) is 0 Å². The minimum Gasteiger partial charge on any atom is -0.493 e. The summed E-state index contributed by atoms with van der Waals surface area (Å²) >= 11 is 0. The van der Waals surface area contributed by atoms with Gasteiger partial charge < -0.3 is 18.9 Å². The molecule has 136 valence electrons. The van der Waals surface area contributed by atoms with E-state index >= 15 is 0 Å². The van der Waals surface area contributed by atoms with Crippen molar-refractivity contribution in [2.24, 2.45) is 0 Å². The third kappa shape index (κ3) is 4.66. The summed E-state index contributed by atoms with van der Waals surface area (Å²) in [6, 6.07) is 10.7. The van der Waals surface area contributed by atoms with Crippen LogP contribution < -0.4 is 18.9 Å². The van der Waals surface area contributed by atoms with Gasteiger partial charge in [-0.05, 0) is 35.9 Å². The smallest absolute Gasteiger partial charge is 0.203 e. The number of hydrogen-bond acceptors (Lipinski definition) is 5. The Hall–Kier alpha value is -3.21. The molecule has 0 heterocycles. The van der Waals surface area contributed by atoms with Gasteiger partial charge in [0.1, 0.15) is 12.4 Å². The Balaban J connectivity index is 2.18. The van der Waals surface area contributed by atoms with Crippen molar-refractivity contribution in [1.82, 2.24) is 0 Å². The Morgan fingerprint density at radius 3 is 2.12 bits per heavy atom. The van der Waals surface area contributed by atoms with Crippen LogP contribution in [0.1, 0.15) is 15.9 Å². The van der Waals surface area contributed by atoms with Crippen LogP contribution in [0, 0.1) is 0 Å². The van der Waals surface area contributed by atoms with Crippen LogP contribution in [0.25, 0.3) is 6.08 Å². The molecule has 2 aromatic carbocycles. The minimum absolute atomic E-state index is 0.170. The lowest BCUT2D eigenvalue weighted by molar-refractivity contribution is 0.104. The van der Waals surface area contributed by atoms with Crippen molar-refractivity contribution in [3.63, 3.8) is 0 Å². The van der Waals surface area contributed by atoms with Crippen molar-refractivity contribution in [2.45, 2.75) is 0 Å². The van der Waals surface area contributed by atoms with Crippen molar-refractivity contribution >= 4 is 11.9 Å². The highest BCUT2D eigenvalue weighted by molar-refractivity contribution is 6.07. The first-order valence-electron chi connectivity index (χ1n) is 7.99. The summed E-state index contributed by atoms with van der Waals surface area (Å²) in [5.41, 5.74) is 1.33. The Bertz CT molecular complexity index is 766. The number of methoxy groups -OCH3 is 3. The predicted octanol–water partition coefficient (Wildman–Crippen LogP) is 4.17. The molecule has 5 nitrogen and oxygen atoms in total. The standard InChI is InChI=1S/C21H22O5/c1-5-12-26-17-9-6-15(7-10-17)8-11-18(22)16-13-19(23-2)21(25-4)20(14-16)24-3/h5-11,13-14H,1,12H2,2-4H3/b11-8+. The molecule has 0 aliphatic heterocycles. The number of rotatable bonds is 9. The van der Waals surface area contributed by atoms with Crippen molar-refractivity contribution < 1.29 is 23.7 Å². The van der Waals surface area contributed by atoms with E-state index in [1.807, 2.05) is 24.3 Å². The third-order valence-electron chi connectivity index (χ3n) is 3.62. The van der Waals surface area contributed by atoms with E-state index in [4.69, 9.17) is 18.9 Å². The number of carbonyl (C=O) groups is 1. The maximum absolute atomic E-state index is 12.5. The lowest BCUT2D eigenvalue weighted by Gasteiger charge is -2.13. The number of allylic oxidation sites excluding steroid dienone is 1. The van der Waals surface area contributed by atoms with Crippen molar-refractivity contribution in [1.29, 1.82) is 0 Å². The molecule has 0 aliphatic rings. The van der Waals surface area contributed by atoms with Crippen molar-refractivity contribution in [3.05, 3.63) is 66.3 Å². The number of ether oxygens (including phenoxy) is 4. The SMILES string of the molecule is C=CCOc1ccc(/C=C/C(=O)c2cc(OC)c(OC)c(OC)c2)cc1. The molecule has 0 saturated carbocycles. The second-order valence-corrected chi connectivity index (χ2v) is 5.28. The quantitative estimate of drug-likeness (QED) is 0.384. The molecular formula is C21H22O5. The highest BCUT2D eigenvalue weighted by Crippen LogP contribution is 2.38. The molecule has 0 spiro atoms. The van der Waals surface area contributed by atoms with Gasteiger partial charge in [0.25, 0.3) is 0 Å². The van der Waals surface area contributed by atoms with E-state index in [2.05, 4.69) is 6.58 Å². The Labute approximate surface area is 153 Å². The normalized spacial score (nSPS) is 10.4. The summed E-state index contributed by atoms with van der Waals surface area (Å²) in [5.74, 6) is 1.90. The molecule has 0 bridgehead atoms. The van der Waals surface area contributed by atoms with E-state index in [1.54, 1.807) is 24.3 Å². The van der Waals surface area contributed by atoms with E-state index < -0.39 is 0 Å². The first-order valence-corrected chi connectivity index (χ1v) is 7.99. The lowest BCUT2D eigenvalue weighted by Crippen LogP contribution is -2.00. The first-order chi connectivity index (χ1) is 12.6. The fourth-order valence-corrected chi connectivity index (χ4v) is 2.32. The van der Waals surface area contributed by atoms with Gasteiger partial charge in [-0.2, -0.15) is 0 Å². The Morgan fingerprint density at radius 2 is 1.62 bits per heavy atom. The van der Waals surface area contributed by atoms with Gasteiger partial charge in [0.15, 0.2) is 17.3 Å². The van der Waals surface area contributed by atoms with Gasteiger partial charge in [0.05, 0.1) is 21.3 Å². The van der Waals surface area contributed by atoms with Crippen LogP contribution in [0.3, 0.4) is 0 Å². The largest absolute Gasteiger partial charge is 0.493 e. The van der Waals surface area contributed by atoms with E-state index in [9.17, 15) is 4.79 Å². The summed E-state index contributed by atoms with van der Waals surface area (Å²) in [6.07, 6.45) is 4.92. The topological polar surface area (TPSA) is 54.0 Å². The predicted molar refractivity (Wildman–Crippen MR) is 102 cm³/mol. The van der Waals surface area contributed by atoms with E-state index in [0.29, 0.717) is 29.4 Å². The maximum atomic E-state index is 12.5. The van der Waals surface area contributed by atoms with Gasteiger partial charge in [0.2, 0.25) is 5.75 Å². The van der Waals surface area contributed by atoms with Crippen LogP contribution in [0.15, 0.2) is 55.1 Å². The summed E-state index contributed by atoms with van der Waals surface area (Å²) < 4.78 is 21.2. The van der Waals surface area contributed by atoms with Crippen LogP contribution in [0.4, 0.5) is 0 Å². The number of carbonyl (C=O) groups excluding carboxylic acids is 1. The van der Waals surface area contributed by atoms with E-state index in [-0.39, 0.29) is 5.78 Å². The maximum Gasteiger partial charge on any atom is 0.203 e. The molecule has 0 amide bonds. The second-order valence-electron chi connectivity index (χ2n) is 5.28. The molecule has 0 aliphatic carbocycles. The number of hydrogen-bond donors (Lipinski definition) is 0. The monoisotopic (exact) mass is 354 g/mol. The van der Waals surface area contributed by atoms with Crippen LogP contribution in [-0.2, 0) is 0 Å². The minimum atomic E-state index is -0.170. The second kappa shape index (κ2) is 9.32. The fraction of sp³-hybridized carbons (Fsp3) is 0.190. The zero-order chi connectivity index (χ0) is 18.9. The molecule has 0 unspecified atom stereocenters. The van der Waals surface area contributed by atoms with Crippen molar-refractivity contribution in [3.8, 4) is 23.0 Å². The third-order valence-corrected chi connectivity index (χ3v) is 3.62. The van der Waals surface area contributed by atoms with Gasteiger partial charge in [0, 0.05) is 5.56 Å². The molecule has 0 N–H and O–H groups in total. The lowest BCUT2D eigenvalue weighted by atomic mass is 10.1. The Kier molecular flexibility index (Phi) is 6.85. The van der Waals surface area contributed by atoms with Gasteiger partial charge in [-0.3, -0.25) is 4.79 Å². The number of ketones is 1. The molecular weight excluding hydrogens is 332 g/mol. The average Bonchev–Trinajstić information content (AvgIpc) is 2.69.